The van der Waals surface area contributed by atoms with E-state index >= 15 is 0 Å². The maximum Gasteiger partial charge on any atom is 0.406 e. The maximum atomic E-state index is 11.6. The molecular formula is C15H16NO3PS. The zero-order valence-electron chi connectivity index (χ0n) is 11.3. The van der Waals surface area contributed by atoms with E-state index in [0.717, 1.165) is 28.9 Å². The molecule has 2 aromatic carbocycles. The van der Waals surface area contributed by atoms with Gasteiger partial charge in [-0.25, -0.2) is 0 Å². The maximum absolute atomic E-state index is 11.6. The largest absolute Gasteiger partial charge is 0.406 e. The molecule has 0 heterocycles. The van der Waals surface area contributed by atoms with Crippen LogP contribution >= 0.6 is 18.1 Å². The Bertz CT molecular complexity index is 621. The van der Waals surface area contributed by atoms with Crippen LogP contribution in [0.15, 0.2) is 65.6 Å². The zero-order valence-corrected chi connectivity index (χ0v) is 13.0. The summed E-state index contributed by atoms with van der Waals surface area (Å²) in [7, 11) is 0. The fourth-order valence-corrected chi connectivity index (χ4v) is 4.74. The molecule has 110 valence electrons. The van der Waals surface area contributed by atoms with Crippen molar-refractivity contribution in [3.63, 3.8) is 0 Å². The molecule has 0 spiro atoms. The van der Waals surface area contributed by atoms with Gasteiger partial charge in [-0.05, 0) is 35.4 Å². The topological polar surface area (TPSA) is 66.7 Å². The van der Waals surface area contributed by atoms with E-state index in [1.807, 2.05) is 60.7 Å². The zero-order chi connectivity index (χ0) is 15.1. The first kappa shape index (κ1) is 16.0. The quantitative estimate of drug-likeness (QED) is 0.578. The minimum absolute atomic E-state index is 0.236. The van der Waals surface area contributed by atoms with Gasteiger partial charge in [0.2, 0.25) is 0 Å². The van der Waals surface area contributed by atoms with Crippen molar-refractivity contribution in [1.29, 1.82) is 0 Å². The monoisotopic (exact) mass is 321 g/mol. The van der Waals surface area contributed by atoms with E-state index in [2.05, 4.69) is 4.95 Å². The molecule has 6 heteroatoms. The van der Waals surface area contributed by atoms with E-state index in [4.69, 9.17) is 0 Å². The number of nitroso groups, excluding NO2 is 1. The Kier molecular flexibility index (Phi) is 5.74. The van der Waals surface area contributed by atoms with Gasteiger partial charge in [0.05, 0.1) is 0 Å². The third-order valence-corrected chi connectivity index (χ3v) is 6.11. The van der Waals surface area contributed by atoms with E-state index < -0.39 is 6.72 Å². The lowest BCUT2D eigenvalue weighted by molar-refractivity contribution is 0.498. The van der Waals surface area contributed by atoms with Gasteiger partial charge in [-0.15, -0.1) is 4.91 Å². The second-order valence-corrected chi connectivity index (χ2v) is 8.59. The highest BCUT2D eigenvalue weighted by Crippen LogP contribution is 2.62. The number of aryl methyl sites for hydroxylation is 1. The van der Waals surface area contributed by atoms with Crippen LogP contribution in [0, 0.1) is 4.91 Å². The summed E-state index contributed by atoms with van der Waals surface area (Å²) in [5, 5.41) is -0.236. The van der Waals surface area contributed by atoms with Gasteiger partial charge in [0, 0.05) is 10.2 Å². The molecule has 0 amide bonds. The predicted octanol–water partition coefficient (Wildman–Crippen LogP) is 4.96. The molecule has 2 unspecified atom stereocenters. The highest BCUT2D eigenvalue weighted by atomic mass is 32.7. The van der Waals surface area contributed by atoms with Crippen LogP contribution in [0.1, 0.15) is 22.8 Å². The molecule has 2 rings (SSSR count). The van der Waals surface area contributed by atoms with Crippen LogP contribution in [0.5, 0.6) is 0 Å². The predicted molar refractivity (Wildman–Crippen MR) is 87.2 cm³/mol. The van der Waals surface area contributed by atoms with Gasteiger partial charge in [0.15, 0.2) is 0 Å². The average molecular weight is 321 g/mol. The molecule has 1 N–H and O–H groups in total. The van der Waals surface area contributed by atoms with Crippen LogP contribution in [0.25, 0.3) is 0 Å². The molecule has 2 atom stereocenters. The fourth-order valence-electron chi connectivity index (χ4n) is 2.08. The van der Waals surface area contributed by atoms with Crippen molar-refractivity contribution in [2.24, 2.45) is 4.95 Å². The molecule has 0 aromatic heterocycles. The Hall–Kier alpha value is -1.42. The van der Waals surface area contributed by atoms with E-state index in [1.165, 1.54) is 0 Å². The first-order valence-corrected chi connectivity index (χ1v) is 9.65. The molecule has 0 aliphatic heterocycles. The van der Waals surface area contributed by atoms with Gasteiger partial charge in [0.1, 0.15) is 0 Å². The van der Waals surface area contributed by atoms with Crippen molar-refractivity contribution in [2.45, 2.75) is 18.1 Å². The molecule has 0 aliphatic carbocycles. The van der Waals surface area contributed by atoms with Gasteiger partial charge in [-0.1, -0.05) is 60.7 Å². The van der Waals surface area contributed by atoms with Crippen molar-refractivity contribution >= 4 is 18.1 Å². The second kappa shape index (κ2) is 7.55. The lowest BCUT2D eigenvalue weighted by atomic mass is 10.0. The van der Waals surface area contributed by atoms with Gasteiger partial charge in [-0.2, -0.15) is 0 Å². The summed E-state index contributed by atoms with van der Waals surface area (Å²) in [5.41, 5.74) is 2.09. The van der Waals surface area contributed by atoms with Crippen LogP contribution in [0.3, 0.4) is 0 Å². The summed E-state index contributed by atoms with van der Waals surface area (Å²) in [6, 6.07) is 19.3. The summed E-state index contributed by atoms with van der Waals surface area (Å²) < 4.78 is 11.6. The van der Waals surface area contributed by atoms with Crippen molar-refractivity contribution in [2.75, 3.05) is 0 Å². The highest BCUT2D eigenvalue weighted by molar-refractivity contribution is 8.55. The van der Waals surface area contributed by atoms with Gasteiger partial charge in [-0.3, -0.25) is 4.57 Å². The number of rotatable bonds is 7. The molecule has 0 fully saturated rings. The van der Waals surface area contributed by atoms with E-state index in [1.54, 1.807) is 0 Å². The summed E-state index contributed by atoms with van der Waals surface area (Å²) in [6.07, 6.45) is 1.44. The molecule has 4 nitrogen and oxygen atoms in total. The number of hydrogen-bond acceptors (Lipinski definition) is 3. The van der Waals surface area contributed by atoms with Crippen molar-refractivity contribution in [1.82, 2.24) is 0 Å². The van der Waals surface area contributed by atoms with E-state index in [0.29, 0.717) is 6.42 Å². The minimum atomic E-state index is -4.03. The second-order valence-electron chi connectivity index (χ2n) is 4.60. The van der Waals surface area contributed by atoms with Gasteiger partial charge < -0.3 is 4.89 Å². The SMILES string of the molecule is O=NP(=O)(O)SC(CCc1ccccc1)c1ccccc1. The van der Waals surface area contributed by atoms with E-state index in [9.17, 15) is 14.4 Å². The van der Waals surface area contributed by atoms with Crippen LogP contribution in [-0.4, -0.2) is 4.89 Å². The Morgan fingerprint density at radius 1 is 1.05 bits per heavy atom. The normalized spacial score (nSPS) is 15.1. The smallest absolute Gasteiger partial charge is 0.318 e. The number of nitrogens with zero attached hydrogens (tertiary/aromatic N) is 1. The lowest BCUT2D eigenvalue weighted by Gasteiger charge is -2.17. The minimum Gasteiger partial charge on any atom is -0.318 e. The summed E-state index contributed by atoms with van der Waals surface area (Å²) in [4.78, 5) is 22.3. The standard InChI is InChI=1S/C15H16NO3PS/c17-16-20(18,19)21-15(14-9-5-2-6-10-14)12-11-13-7-3-1-4-8-13/h1-10,15H,11-12H2,(H,18,19). The Labute approximate surface area is 127 Å². The molecule has 0 aliphatic rings. The van der Waals surface area contributed by atoms with Crippen LogP contribution in [0.2, 0.25) is 0 Å². The molecule has 2 aromatic rings. The average Bonchev–Trinajstić information content (AvgIpc) is 2.53. The fraction of sp³-hybridized carbons (Fsp3) is 0.200. The van der Waals surface area contributed by atoms with Gasteiger partial charge in [0.25, 0.3) is 0 Å². The third kappa shape index (κ3) is 5.12. The van der Waals surface area contributed by atoms with E-state index in [-0.39, 0.29) is 5.25 Å². The molecule has 0 saturated carbocycles. The Morgan fingerprint density at radius 3 is 2.19 bits per heavy atom. The lowest BCUT2D eigenvalue weighted by Crippen LogP contribution is -1.97. The highest BCUT2D eigenvalue weighted by Gasteiger charge is 2.27. The Morgan fingerprint density at radius 2 is 1.62 bits per heavy atom. The molecule has 0 radical (unpaired) electrons. The Balaban J connectivity index is 2.12. The molecule has 0 saturated heterocycles. The summed E-state index contributed by atoms with van der Waals surface area (Å²) in [5.74, 6) is 0. The molecule has 21 heavy (non-hydrogen) atoms. The number of hydrogen-bond donors (Lipinski definition) is 1. The number of benzene rings is 2. The molecule has 0 bridgehead atoms. The molecular weight excluding hydrogens is 305 g/mol. The van der Waals surface area contributed by atoms with Crippen LogP contribution in [0.4, 0.5) is 0 Å². The first-order valence-electron chi connectivity index (χ1n) is 6.56. The van der Waals surface area contributed by atoms with Crippen molar-refractivity contribution in [3.05, 3.63) is 76.7 Å². The van der Waals surface area contributed by atoms with Crippen LogP contribution in [-0.2, 0) is 11.0 Å². The third-order valence-electron chi connectivity index (χ3n) is 3.08. The van der Waals surface area contributed by atoms with Crippen LogP contribution < -0.4 is 0 Å². The van der Waals surface area contributed by atoms with Gasteiger partial charge >= 0.3 is 6.72 Å². The summed E-state index contributed by atoms with van der Waals surface area (Å²) >= 11 is 0.751. The summed E-state index contributed by atoms with van der Waals surface area (Å²) in [6.45, 7) is -4.03. The van der Waals surface area contributed by atoms with Crippen molar-refractivity contribution in [3.8, 4) is 0 Å². The van der Waals surface area contributed by atoms with Crippen molar-refractivity contribution < 1.29 is 9.46 Å². The first-order chi connectivity index (χ1) is 10.1.